The maximum Gasteiger partial charge on any atom is 0.211 e. The van der Waals surface area contributed by atoms with Crippen molar-refractivity contribution >= 4 is 24.2 Å². The molecule has 1 aromatic carbocycles. The van der Waals surface area contributed by atoms with Crippen LogP contribution in [0.1, 0.15) is 53.9 Å². The molecule has 4 heteroatoms. The summed E-state index contributed by atoms with van der Waals surface area (Å²) in [6.45, 7) is 9.29. The van der Waals surface area contributed by atoms with Gasteiger partial charge >= 0.3 is 0 Å². The lowest BCUT2D eigenvalue weighted by Crippen LogP contribution is -2.16. The second-order valence-electron chi connectivity index (χ2n) is 9.49. The minimum Gasteiger partial charge on any atom is -0.328 e. The van der Waals surface area contributed by atoms with Crippen molar-refractivity contribution in [2.24, 2.45) is 17.8 Å². The van der Waals surface area contributed by atoms with E-state index in [-0.39, 0.29) is 1.43 Å². The molecule has 36 heavy (non-hydrogen) atoms. The molecular weight excluding hydrogens is 460 g/mol. The normalized spacial score (nSPS) is 27.4. The first-order valence-electron chi connectivity index (χ1n) is 13.3. The summed E-state index contributed by atoms with van der Waals surface area (Å²) in [4.78, 5) is 10.8. The van der Waals surface area contributed by atoms with Crippen LogP contribution in [0, 0.1) is 17.8 Å². The van der Waals surface area contributed by atoms with Crippen molar-refractivity contribution in [2.75, 3.05) is 13.6 Å². The SMILES string of the molecule is C/C(=C\C12CC1C=CS2)C1=CC2CC2C=C1NC=O.C/C=C(/C=C/c1ccccc1)CCNC.CC.[HH]. The Kier molecular flexibility index (Phi) is 10.6. The van der Waals surface area contributed by atoms with E-state index in [0.717, 1.165) is 31.0 Å². The molecule has 1 amide bonds. The Labute approximate surface area is 224 Å². The zero-order chi connectivity index (χ0) is 26.0. The van der Waals surface area contributed by atoms with E-state index >= 15 is 0 Å². The van der Waals surface area contributed by atoms with Gasteiger partial charge in [-0.1, -0.05) is 92.3 Å². The van der Waals surface area contributed by atoms with E-state index in [0.29, 0.717) is 16.6 Å². The summed E-state index contributed by atoms with van der Waals surface area (Å²) in [6.07, 6.45) is 20.2. The van der Waals surface area contributed by atoms with Crippen LogP contribution in [0.2, 0.25) is 0 Å². The predicted octanol–water partition coefficient (Wildman–Crippen LogP) is 7.69. The van der Waals surface area contributed by atoms with Crippen LogP contribution in [-0.2, 0) is 4.79 Å². The maximum atomic E-state index is 10.8. The third kappa shape index (κ3) is 7.47. The van der Waals surface area contributed by atoms with Crippen LogP contribution in [0.5, 0.6) is 0 Å². The average molecular weight is 505 g/mol. The number of hydrogen-bond acceptors (Lipinski definition) is 3. The second-order valence-corrected chi connectivity index (χ2v) is 10.8. The van der Waals surface area contributed by atoms with Crippen molar-refractivity contribution in [1.29, 1.82) is 0 Å². The molecule has 2 N–H and O–H groups in total. The van der Waals surface area contributed by atoms with E-state index in [1.165, 1.54) is 35.1 Å². The Hall–Kier alpha value is -2.56. The minimum atomic E-state index is 0. The molecule has 0 bridgehead atoms. The third-order valence-corrected chi connectivity index (χ3v) is 8.29. The molecule has 4 aliphatic rings. The fourth-order valence-electron chi connectivity index (χ4n) is 4.68. The zero-order valence-electron chi connectivity index (χ0n) is 22.5. The lowest BCUT2D eigenvalue weighted by Gasteiger charge is -2.17. The van der Waals surface area contributed by atoms with E-state index in [4.69, 9.17) is 0 Å². The molecule has 2 fully saturated rings. The molecule has 3 aliphatic carbocycles. The van der Waals surface area contributed by atoms with Crippen molar-refractivity contribution in [3.63, 3.8) is 0 Å². The molecule has 1 aromatic rings. The molecule has 0 aromatic heterocycles. The van der Waals surface area contributed by atoms with E-state index in [1.54, 1.807) is 0 Å². The zero-order valence-corrected chi connectivity index (χ0v) is 23.3. The fourth-order valence-corrected chi connectivity index (χ4v) is 5.97. The van der Waals surface area contributed by atoms with Gasteiger partial charge in [0, 0.05) is 11.9 Å². The standard InChI is InChI=1S/C16H17NOS.C14H19N.C2H6.H2/c1-10(7-16-8-13(16)2-3-19-16)14-5-11-4-12(11)6-15(14)17-9-18;1-3-13(11-12-15-2)9-10-14-7-5-4-6-8-14;1-2;/h2-3,5-7,9,11-13H,4,8H2,1H3,(H,17,18);3-10,15H,11-12H2,1-2H3;1-2H3;1H/b10-7+;10-9+,13-3-;;. The van der Waals surface area contributed by atoms with Crippen molar-refractivity contribution in [1.82, 2.24) is 10.6 Å². The quantitative estimate of drug-likeness (QED) is 0.268. The highest BCUT2D eigenvalue weighted by molar-refractivity contribution is 8.04. The largest absolute Gasteiger partial charge is 0.328 e. The van der Waals surface area contributed by atoms with Gasteiger partial charge in [-0.2, -0.15) is 0 Å². The lowest BCUT2D eigenvalue weighted by atomic mass is 9.96. The van der Waals surface area contributed by atoms with Gasteiger partial charge in [-0.25, -0.2) is 0 Å². The first-order chi connectivity index (χ1) is 17.6. The Bertz CT molecular complexity index is 1070. The highest BCUT2D eigenvalue weighted by Crippen LogP contribution is 2.62. The molecule has 4 atom stereocenters. The van der Waals surface area contributed by atoms with Crippen LogP contribution < -0.4 is 10.6 Å². The summed E-state index contributed by atoms with van der Waals surface area (Å²) in [7, 11) is 1.98. The van der Waals surface area contributed by atoms with Crippen molar-refractivity contribution < 1.29 is 6.22 Å². The second kappa shape index (κ2) is 13.7. The van der Waals surface area contributed by atoms with Gasteiger partial charge in [-0.3, -0.25) is 4.79 Å². The topological polar surface area (TPSA) is 41.1 Å². The highest BCUT2D eigenvalue weighted by Gasteiger charge is 2.54. The lowest BCUT2D eigenvalue weighted by molar-refractivity contribution is -0.108. The summed E-state index contributed by atoms with van der Waals surface area (Å²) in [5, 5.41) is 8.26. The van der Waals surface area contributed by atoms with Crippen LogP contribution >= 0.6 is 11.8 Å². The monoisotopic (exact) mass is 504 g/mol. The van der Waals surface area contributed by atoms with E-state index < -0.39 is 0 Å². The Balaban J connectivity index is 0.000000245. The number of nitrogens with one attached hydrogen (secondary N) is 2. The molecule has 3 nitrogen and oxygen atoms in total. The first-order valence-corrected chi connectivity index (χ1v) is 14.2. The van der Waals surface area contributed by atoms with Gasteiger partial charge in [0.05, 0.1) is 0 Å². The molecule has 4 unspecified atom stereocenters. The first kappa shape index (κ1) is 28.0. The van der Waals surface area contributed by atoms with Gasteiger partial charge in [0.1, 0.15) is 0 Å². The maximum absolute atomic E-state index is 10.8. The van der Waals surface area contributed by atoms with E-state index in [1.807, 2.05) is 38.7 Å². The van der Waals surface area contributed by atoms with Crippen molar-refractivity contribution in [3.8, 4) is 0 Å². The van der Waals surface area contributed by atoms with Gasteiger partial charge in [0.25, 0.3) is 0 Å². The molecule has 0 radical (unpaired) electrons. The van der Waals surface area contributed by atoms with Gasteiger partial charge < -0.3 is 10.6 Å². The molecule has 2 saturated carbocycles. The van der Waals surface area contributed by atoms with E-state index in [9.17, 15) is 4.79 Å². The number of fused-ring (bicyclic) bond motifs is 2. The number of rotatable bonds is 9. The highest BCUT2D eigenvalue weighted by atomic mass is 32.2. The molecule has 1 aliphatic heterocycles. The van der Waals surface area contributed by atoms with Gasteiger partial charge in [0.15, 0.2) is 0 Å². The third-order valence-electron chi connectivity index (χ3n) is 6.97. The molecule has 194 valence electrons. The number of amides is 1. The van der Waals surface area contributed by atoms with Crippen molar-refractivity contribution in [2.45, 2.75) is 51.7 Å². The number of allylic oxidation sites excluding steroid dienone is 6. The van der Waals surface area contributed by atoms with Crippen LogP contribution in [0.3, 0.4) is 0 Å². The summed E-state index contributed by atoms with van der Waals surface area (Å²) >= 11 is 1.94. The molecule has 1 heterocycles. The van der Waals surface area contributed by atoms with Crippen LogP contribution in [0.15, 0.2) is 94.6 Å². The fraction of sp³-hybridized carbons (Fsp3) is 0.406. The Morgan fingerprint density at radius 1 is 1.19 bits per heavy atom. The summed E-state index contributed by atoms with van der Waals surface area (Å²) < 4.78 is 0.331. The molecule has 0 saturated heterocycles. The molecule has 5 rings (SSSR count). The van der Waals surface area contributed by atoms with Crippen LogP contribution in [-0.4, -0.2) is 24.7 Å². The van der Waals surface area contributed by atoms with Gasteiger partial charge in [-0.05, 0) is 86.6 Å². The summed E-state index contributed by atoms with van der Waals surface area (Å²) in [6, 6.07) is 10.4. The van der Waals surface area contributed by atoms with E-state index in [2.05, 4.69) is 96.7 Å². The number of benzene rings is 1. The number of carbonyl (C=O) groups excluding carboxylic acids is 1. The molecule has 0 spiro atoms. The van der Waals surface area contributed by atoms with Crippen LogP contribution in [0.4, 0.5) is 0 Å². The van der Waals surface area contributed by atoms with Gasteiger partial charge in [-0.15, -0.1) is 11.8 Å². The number of thioether (sulfide) groups is 1. The van der Waals surface area contributed by atoms with Crippen molar-refractivity contribution in [3.05, 3.63) is 100 Å². The molecular formula is C32H44N2OS. The number of carbonyl (C=O) groups is 1. The average Bonchev–Trinajstić information content (AvgIpc) is 3.80. The number of hydrogen-bond donors (Lipinski definition) is 2. The summed E-state index contributed by atoms with van der Waals surface area (Å²) in [5.41, 5.74) is 6.17. The van der Waals surface area contributed by atoms with Gasteiger partial charge in [0.2, 0.25) is 6.41 Å². The predicted molar refractivity (Wildman–Crippen MR) is 160 cm³/mol. The minimum absolute atomic E-state index is 0. The Morgan fingerprint density at radius 2 is 1.94 bits per heavy atom. The summed E-state index contributed by atoms with van der Waals surface area (Å²) in [5.74, 6) is 2.10. The smallest absolute Gasteiger partial charge is 0.211 e. The Morgan fingerprint density at radius 3 is 2.56 bits per heavy atom. The van der Waals surface area contributed by atoms with Crippen LogP contribution in [0.25, 0.3) is 6.08 Å².